The van der Waals surface area contributed by atoms with E-state index >= 15 is 0 Å². The minimum Gasteiger partial charge on any atom is -0.391 e. The maximum absolute atomic E-state index is 6.38. The molecule has 12 atom stereocenters. The van der Waals surface area contributed by atoms with Gasteiger partial charge in [0.2, 0.25) is 0 Å². The lowest BCUT2D eigenvalue weighted by Crippen LogP contribution is -2.41. The molecule has 0 spiro atoms. The fourth-order valence-electron chi connectivity index (χ4n) is 11.2. The zero-order valence-electron chi connectivity index (χ0n) is 31.7. The average molecular weight is 668 g/mol. The number of hydrogen-bond donors (Lipinski definition) is 3. The van der Waals surface area contributed by atoms with E-state index in [1.807, 2.05) is 0 Å². The maximum atomic E-state index is 6.38. The highest BCUT2D eigenvalue weighted by molar-refractivity contribution is 5.34. The van der Waals surface area contributed by atoms with E-state index in [4.69, 9.17) is 5.73 Å². The van der Waals surface area contributed by atoms with Gasteiger partial charge in [-0.15, -0.1) is 6.58 Å². The normalized spacial score (nSPS) is 35.8. The first-order valence-corrected chi connectivity index (χ1v) is 20.8. The van der Waals surface area contributed by atoms with Crippen molar-refractivity contribution in [3.05, 3.63) is 85.3 Å². The van der Waals surface area contributed by atoms with E-state index in [9.17, 15) is 0 Å². The Balaban J connectivity index is 1.32. The maximum Gasteiger partial charge on any atom is 0.0342 e. The van der Waals surface area contributed by atoms with Crippen molar-refractivity contribution >= 4 is 0 Å². The number of rotatable bonds is 15. The molecular formula is C46H73N3. The molecule has 49 heavy (non-hydrogen) atoms. The summed E-state index contributed by atoms with van der Waals surface area (Å²) in [7, 11) is 0. The Morgan fingerprint density at radius 3 is 2.31 bits per heavy atom. The van der Waals surface area contributed by atoms with Gasteiger partial charge < -0.3 is 16.4 Å². The van der Waals surface area contributed by atoms with Crippen molar-refractivity contribution < 1.29 is 0 Å². The van der Waals surface area contributed by atoms with E-state index in [2.05, 4.69) is 105 Å². The Morgan fingerprint density at radius 2 is 1.59 bits per heavy atom. The molecule has 4 aliphatic carbocycles. The van der Waals surface area contributed by atoms with Gasteiger partial charge in [0.1, 0.15) is 0 Å². The van der Waals surface area contributed by atoms with Crippen LogP contribution in [0.4, 0.5) is 0 Å². The van der Waals surface area contributed by atoms with E-state index in [0.29, 0.717) is 23.7 Å². The van der Waals surface area contributed by atoms with Crippen molar-refractivity contribution in [3.8, 4) is 0 Å². The van der Waals surface area contributed by atoms with E-state index in [-0.39, 0.29) is 0 Å². The van der Waals surface area contributed by atoms with Gasteiger partial charge in [-0.05, 0) is 172 Å². The summed E-state index contributed by atoms with van der Waals surface area (Å²) in [5, 5.41) is 7.50. The van der Waals surface area contributed by atoms with Gasteiger partial charge in [0.15, 0.2) is 0 Å². The summed E-state index contributed by atoms with van der Waals surface area (Å²) >= 11 is 0. The molecule has 272 valence electrons. The van der Waals surface area contributed by atoms with Crippen molar-refractivity contribution in [2.24, 2.45) is 76.7 Å². The second-order valence-electron chi connectivity index (χ2n) is 17.0. The summed E-state index contributed by atoms with van der Waals surface area (Å²) in [5.41, 5.74) is 8.71. The highest BCUT2D eigenvalue weighted by Gasteiger charge is 2.44. The third kappa shape index (κ3) is 10.2. The van der Waals surface area contributed by atoms with Crippen molar-refractivity contribution in [2.75, 3.05) is 19.6 Å². The molecule has 0 bridgehead atoms. The monoisotopic (exact) mass is 668 g/mol. The molecule has 2 saturated carbocycles. The van der Waals surface area contributed by atoms with Crippen molar-refractivity contribution in [1.29, 1.82) is 0 Å². The molecule has 0 aromatic carbocycles. The summed E-state index contributed by atoms with van der Waals surface area (Å²) in [6.07, 6.45) is 41.6. The Morgan fingerprint density at radius 1 is 0.837 bits per heavy atom. The summed E-state index contributed by atoms with van der Waals surface area (Å²) < 4.78 is 0. The first-order chi connectivity index (χ1) is 23.9. The smallest absolute Gasteiger partial charge is 0.0342 e. The van der Waals surface area contributed by atoms with Gasteiger partial charge in [0.05, 0.1) is 0 Å². The number of allylic oxidation sites excluding steroid dienone is 9. The lowest BCUT2D eigenvalue weighted by atomic mass is 9.57. The number of hydrogen-bond acceptors (Lipinski definition) is 3. The molecule has 0 saturated heterocycles. The van der Waals surface area contributed by atoms with E-state index in [0.717, 1.165) is 91.8 Å². The summed E-state index contributed by atoms with van der Waals surface area (Å²) in [4.78, 5) is 0. The zero-order valence-corrected chi connectivity index (χ0v) is 31.7. The highest BCUT2D eigenvalue weighted by Crippen LogP contribution is 2.51. The van der Waals surface area contributed by atoms with Gasteiger partial charge in [-0.1, -0.05) is 89.1 Å². The SMILES string of the molecule is C=CCC(CN)C(C)C1CCCCC1C(C)C(CCC(C)C1CCC(C2C=CNC2)C2C=CCCC21)CNC1=C/C(=C)/C=C\CCC/C=C\1. The largest absolute Gasteiger partial charge is 0.391 e. The Labute approximate surface area is 302 Å². The molecule has 4 N–H and O–H groups in total. The predicted octanol–water partition coefficient (Wildman–Crippen LogP) is 10.9. The topological polar surface area (TPSA) is 50.1 Å². The van der Waals surface area contributed by atoms with E-state index in [1.165, 1.54) is 76.3 Å². The molecule has 3 heteroatoms. The van der Waals surface area contributed by atoms with Crippen LogP contribution in [0.5, 0.6) is 0 Å². The quantitative estimate of drug-likeness (QED) is 0.152. The van der Waals surface area contributed by atoms with Gasteiger partial charge in [0.25, 0.3) is 0 Å². The third-order valence-corrected chi connectivity index (χ3v) is 14.3. The van der Waals surface area contributed by atoms with Crippen molar-refractivity contribution in [2.45, 2.75) is 111 Å². The zero-order chi connectivity index (χ0) is 34.6. The van der Waals surface area contributed by atoms with Crippen LogP contribution < -0.4 is 16.4 Å². The lowest BCUT2D eigenvalue weighted by molar-refractivity contribution is 0.0431. The van der Waals surface area contributed by atoms with Crippen LogP contribution in [0.1, 0.15) is 111 Å². The molecule has 12 unspecified atom stereocenters. The van der Waals surface area contributed by atoms with Crippen LogP contribution in [0.2, 0.25) is 0 Å². The minimum atomic E-state index is 0.548. The van der Waals surface area contributed by atoms with Crippen LogP contribution in [-0.2, 0) is 0 Å². The molecule has 0 radical (unpaired) electrons. The molecule has 0 aromatic heterocycles. The number of nitrogens with one attached hydrogen (secondary N) is 2. The van der Waals surface area contributed by atoms with Gasteiger partial charge in [-0.25, -0.2) is 0 Å². The molecule has 5 aliphatic rings. The average Bonchev–Trinajstić information content (AvgIpc) is 3.67. The number of nitrogens with two attached hydrogens (primary N) is 1. The van der Waals surface area contributed by atoms with Crippen LogP contribution in [0.25, 0.3) is 0 Å². The third-order valence-electron chi connectivity index (χ3n) is 14.3. The molecular weight excluding hydrogens is 595 g/mol. The number of fused-ring (bicyclic) bond motifs is 1. The van der Waals surface area contributed by atoms with Gasteiger partial charge in [-0.3, -0.25) is 0 Å². The molecule has 2 fully saturated rings. The van der Waals surface area contributed by atoms with E-state index in [1.54, 1.807) is 0 Å². The first kappa shape index (κ1) is 38.0. The lowest BCUT2D eigenvalue weighted by Gasteiger charge is -2.48. The molecule has 1 aliphatic heterocycles. The van der Waals surface area contributed by atoms with Crippen molar-refractivity contribution in [1.82, 2.24) is 10.6 Å². The Kier molecular flexibility index (Phi) is 15.0. The van der Waals surface area contributed by atoms with E-state index < -0.39 is 0 Å². The fourth-order valence-corrected chi connectivity index (χ4v) is 11.2. The highest BCUT2D eigenvalue weighted by atomic mass is 14.9. The van der Waals surface area contributed by atoms with Gasteiger partial charge in [0, 0.05) is 18.8 Å². The molecule has 0 amide bonds. The van der Waals surface area contributed by atoms with Crippen LogP contribution in [0.15, 0.2) is 85.3 Å². The minimum absolute atomic E-state index is 0.548. The van der Waals surface area contributed by atoms with Gasteiger partial charge >= 0.3 is 0 Å². The van der Waals surface area contributed by atoms with Gasteiger partial charge in [-0.2, -0.15) is 0 Å². The van der Waals surface area contributed by atoms with Crippen LogP contribution in [0, 0.1) is 71.0 Å². The standard InChI is InChI=1S/C46H73N3/c1-6-16-37(30-47)35(4)42-19-12-13-20-43(42)36(5)38(32-49-40-18-11-9-7-8-10-17-33(2)29-40)24-23-34(3)41-25-26-44(39-27-28-48-31-39)46-22-15-14-21-45(41)46/h6,10-11,15,17-18,22,27-29,34-39,41-46,48-49H,1-2,7-9,12-14,16,19-21,23-26,30-32,47H2,3-5H3/b17-10-,18-11-,40-29+. The molecule has 0 aromatic rings. The van der Waals surface area contributed by atoms with Crippen LogP contribution in [0.3, 0.4) is 0 Å². The molecule has 5 rings (SSSR count). The summed E-state index contributed by atoms with van der Waals surface area (Å²) in [6.45, 7) is 19.2. The predicted molar refractivity (Wildman–Crippen MR) is 213 cm³/mol. The van der Waals surface area contributed by atoms with Crippen LogP contribution in [-0.4, -0.2) is 19.6 Å². The summed E-state index contributed by atoms with van der Waals surface area (Å²) in [6, 6.07) is 0. The molecule has 1 heterocycles. The molecule has 3 nitrogen and oxygen atoms in total. The Bertz CT molecular complexity index is 1190. The Hall–Kier alpha value is -2.26. The summed E-state index contributed by atoms with van der Waals surface area (Å²) in [5.74, 6) is 8.88. The second-order valence-corrected chi connectivity index (χ2v) is 17.0. The van der Waals surface area contributed by atoms with Crippen molar-refractivity contribution in [3.63, 3.8) is 0 Å². The van der Waals surface area contributed by atoms with Crippen LogP contribution >= 0.6 is 0 Å². The fraction of sp³-hybridized carbons (Fsp3) is 0.696. The first-order valence-electron chi connectivity index (χ1n) is 20.8. The second kappa shape index (κ2) is 19.4.